The highest BCUT2D eigenvalue weighted by atomic mass is 32.2. The van der Waals surface area contributed by atoms with E-state index in [-0.39, 0.29) is 32.3 Å². The van der Waals surface area contributed by atoms with E-state index >= 15 is 0 Å². The average molecular weight is 384 g/mol. The Kier molecular flexibility index (Phi) is 4.19. The maximum absolute atomic E-state index is 12.9. The molecule has 0 amide bonds. The molecule has 0 aromatic heterocycles. The van der Waals surface area contributed by atoms with Crippen LogP contribution in [0.15, 0.2) is 52.3 Å². The number of esters is 1. The minimum Gasteiger partial charge on any atom is -0.451 e. The summed E-state index contributed by atoms with van der Waals surface area (Å²) in [5, 5.41) is 0. The molecule has 0 bridgehead atoms. The van der Waals surface area contributed by atoms with Crippen LogP contribution < -0.4 is 0 Å². The second-order valence-corrected chi connectivity index (χ2v) is 8.53. The Morgan fingerprint density at radius 3 is 2.48 bits per heavy atom. The molecule has 2 aromatic carbocycles. The van der Waals surface area contributed by atoms with Gasteiger partial charge in [-0.15, -0.1) is 0 Å². The van der Waals surface area contributed by atoms with Crippen molar-refractivity contribution in [1.29, 1.82) is 0 Å². The third-order valence-corrected chi connectivity index (χ3v) is 6.77. The van der Waals surface area contributed by atoms with Crippen molar-refractivity contribution in [2.75, 3.05) is 0 Å². The van der Waals surface area contributed by atoms with Gasteiger partial charge in [-0.2, -0.15) is 0 Å². The van der Waals surface area contributed by atoms with Crippen molar-refractivity contribution in [2.45, 2.75) is 41.6 Å². The van der Waals surface area contributed by atoms with Gasteiger partial charge in [0.05, 0.1) is 15.4 Å². The minimum absolute atomic E-state index is 0.00267. The summed E-state index contributed by atoms with van der Waals surface area (Å²) >= 11 is 0. The predicted molar refractivity (Wildman–Crippen MR) is 94.4 cm³/mol. The summed E-state index contributed by atoms with van der Waals surface area (Å²) in [7, 11) is -3.93. The number of ketones is 2. The van der Waals surface area contributed by atoms with Crippen molar-refractivity contribution in [3.8, 4) is 0 Å². The number of carbonyl (C=O) groups excluding carboxylic acids is 3. The first kappa shape index (κ1) is 17.6. The van der Waals surface area contributed by atoms with E-state index in [1.54, 1.807) is 12.1 Å². The van der Waals surface area contributed by atoms with Crippen LogP contribution in [0.25, 0.3) is 0 Å². The molecule has 1 aliphatic heterocycles. The van der Waals surface area contributed by atoms with Crippen molar-refractivity contribution in [3.05, 3.63) is 59.2 Å². The zero-order chi connectivity index (χ0) is 19.2. The van der Waals surface area contributed by atoms with E-state index in [4.69, 9.17) is 4.74 Å². The van der Waals surface area contributed by atoms with Gasteiger partial charge in [0.25, 0.3) is 0 Å². The van der Waals surface area contributed by atoms with Crippen molar-refractivity contribution < 1.29 is 27.5 Å². The molecule has 27 heavy (non-hydrogen) atoms. The molecule has 1 saturated carbocycles. The van der Waals surface area contributed by atoms with E-state index in [2.05, 4.69) is 0 Å². The molecule has 0 saturated heterocycles. The van der Waals surface area contributed by atoms with Crippen LogP contribution in [0.4, 0.5) is 0 Å². The minimum atomic E-state index is -3.93. The fraction of sp³-hybridized carbons (Fsp3) is 0.250. The molecule has 4 rings (SSSR count). The second-order valence-electron chi connectivity index (χ2n) is 6.65. The quantitative estimate of drug-likeness (QED) is 0.631. The van der Waals surface area contributed by atoms with Gasteiger partial charge in [0.15, 0.2) is 17.7 Å². The molecule has 0 N–H and O–H groups in total. The Hall–Kier alpha value is -2.80. The van der Waals surface area contributed by atoms with Crippen LogP contribution in [0.5, 0.6) is 0 Å². The molecule has 1 fully saturated rings. The van der Waals surface area contributed by atoms with E-state index in [1.807, 2.05) is 0 Å². The fourth-order valence-corrected chi connectivity index (χ4v) is 5.16. The topological polar surface area (TPSA) is 94.6 Å². The summed E-state index contributed by atoms with van der Waals surface area (Å²) in [6.45, 7) is 0. The van der Waals surface area contributed by atoms with Crippen LogP contribution in [-0.4, -0.2) is 32.1 Å². The lowest BCUT2D eigenvalue weighted by Gasteiger charge is -2.22. The first-order chi connectivity index (χ1) is 12.9. The molecule has 1 aliphatic carbocycles. The first-order valence-electron chi connectivity index (χ1n) is 8.66. The van der Waals surface area contributed by atoms with E-state index in [1.165, 1.54) is 24.3 Å². The number of Topliss-reactive ketones (excluding diaryl/α,β-unsaturated/α-hetero) is 1. The van der Waals surface area contributed by atoms with Gasteiger partial charge in [0.1, 0.15) is 0 Å². The van der Waals surface area contributed by atoms with Gasteiger partial charge in [-0.25, -0.2) is 13.2 Å². The van der Waals surface area contributed by atoms with E-state index in [0.29, 0.717) is 12.8 Å². The van der Waals surface area contributed by atoms with Crippen molar-refractivity contribution in [2.24, 2.45) is 0 Å². The number of fused-ring (bicyclic) bond motifs is 2. The van der Waals surface area contributed by atoms with Gasteiger partial charge in [-0.05, 0) is 49.6 Å². The molecule has 0 unspecified atom stereocenters. The Morgan fingerprint density at radius 2 is 1.70 bits per heavy atom. The van der Waals surface area contributed by atoms with Crippen LogP contribution >= 0.6 is 0 Å². The molecule has 2 aliphatic rings. The summed E-state index contributed by atoms with van der Waals surface area (Å²) in [5.74, 6) is -1.29. The van der Waals surface area contributed by atoms with Crippen molar-refractivity contribution >= 4 is 27.4 Å². The van der Waals surface area contributed by atoms with Crippen LogP contribution in [0.2, 0.25) is 0 Å². The predicted octanol–water partition coefficient (Wildman–Crippen LogP) is 2.73. The normalized spacial score (nSPS) is 20.5. The first-order valence-corrected chi connectivity index (χ1v) is 10.1. The lowest BCUT2D eigenvalue weighted by Crippen LogP contribution is -2.30. The van der Waals surface area contributed by atoms with Crippen LogP contribution in [0.1, 0.15) is 52.0 Å². The van der Waals surface area contributed by atoms with Crippen LogP contribution in [-0.2, 0) is 19.4 Å². The zero-order valence-corrected chi connectivity index (χ0v) is 15.1. The monoisotopic (exact) mass is 384 g/mol. The van der Waals surface area contributed by atoms with Gasteiger partial charge < -0.3 is 4.74 Å². The Bertz CT molecular complexity index is 1080. The molecular weight excluding hydrogens is 368 g/mol. The third kappa shape index (κ3) is 2.88. The maximum atomic E-state index is 12.9. The third-order valence-electron chi connectivity index (χ3n) is 4.92. The Balaban J connectivity index is 1.71. The standard InChI is InChI=1S/C20H16O6S/c21-15-6-2-3-7-16(15)26-20(23)12-9-10-14-18(11-12)27(24,25)17-8-4-1-5-13(17)19(14)22/h1,4-5,8-11,16H,2-3,6-7H2/t16-/m0/s1. The van der Waals surface area contributed by atoms with E-state index in [9.17, 15) is 22.8 Å². The van der Waals surface area contributed by atoms with E-state index < -0.39 is 27.7 Å². The second kappa shape index (κ2) is 6.42. The van der Waals surface area contributed by atoms with Crippen LogP contribution in [0, 0.1) is 0 Å². The lowest BCUT2D eigenvalue weighted by molar-refractivity contribution is -0.129. The molecule has 0 radical (unpaired) electrons. The van der Waals surface area contributed by atoms with Gasteiger partial charge >= 0.3 is 5.97 Å². The number of hydrogen-bond acceptors (Lipinski definition) is 6. The van der Waals surface area contributed by atoms with Crippen molar-refractivity contribution in [3.63, 3.8) is 0 Å². The fourth-order valence-electron chi connectivity index (χ4n) is 3.48. The molecule has 138 valence electrons. The summed E-state index contributed by atoms with van der Waals surface area (Å²) in [6, 6.07) is 9.83. The molecule has 7 heteroatoms. The molecule has 2 aromatic rings. The zero-order valence-electron chi connectivity index (χ0n) is 14.3. The molecule has 1 atom stereocenters. The highest BCUT2D eigenvalue weighted by Gasteiger charge is 2.35. The van der Waals surface area contributed by atoms with Gasteiger partial charge in [0.2, 0.25) is 9.84 Å². The SMILES string of the molecule is O=C(O[C@H]1CCCCC1=O)c1ccc2c(c1)S(=O)(=O)c1ccccc1C2=O. The molecule has 0 spiro atoms. The largest absolute Gasteiger partial charge is 0.451 e. The lowest BCUT2D eigenvalue weighted by atomic mass is 9.96. The number of benzene rings is 2. The summed E-state index contributed by atoms with van der Waals surface area (Å²) < 4.78 is 31.1. The number of rotatable bonds is 2. The number of sulfone groups is 1. The smallest absolute Gasteiger partial charge is 0.338 e. The molecular formula is C20H16O6S. The van der Waals surface area contributed by atoms with E-state index in [0.717, 1.165) is 18.9 Å². The van der Waals surface area contributed by atoms with Crippen molar-refractivity contribution in [1.82, 2.24) is 0 Å². The van der Waals surface area contributed by atoms with Crippen LogP contribution in [0.3, 0.4) is 0 Å². The van der Waals surface area contributed by atoms with Gasteiger partial charge in [-0.1, -0.05) is 12.1 Å². The Labute approximate surface area is 156 Å². The highest BCUT2D eigenvalue weighted by Crippen LogP contribution is 2.35. The Morgan fingerprint density at radius 1 is 0.963 bits per heavy atom. The summed E-state index contributed by atoms with van der Waals surface area (Å²) in [5.41, 5.74) is 0.148. The summed E-state index contributed by atoms with van der Waals surface area (Å²) in [4.78, 5) is 36.6. The summed E-state index contributed by atoms with van der Waals surface area (Å²) in [6.07, 6.45) is 1.64. The highest BCUT2D eigenvalue weighted by molar-refractivity contribution is 7.91. The number of hydrogen-bond donors (Lipinski definition) is 0. The van der Waals surface area contributed by atoms with Gasteiger partial charge in [0, 0.05) is 17.5 Å². The van der Waals surface area contributed by atoms with Gasteiger partial charge in [-0.3, -0.25) is 9.59 Å². The molecule has 1 heterocycles. The maximum Gasteiger partial charge on any atom is 0.338 e. The molecule has 6 nitrogen and oxygen atoms in total. The average Bonchev–Trinajstić information content (AvgIpc) is 2.68. The number of carbonyl (C=O) groups is 3. The number of ether oxygens (including phenoxy) is 1.